The molecule has 0 spiro atoms. The van der Waals surface area contributed by atoms with Crippen molar-refractivity contribution >= 4 is 23.7 Å². The molecule has 0 fully saturated rings. The number of nitrogens with one attached hydrogen (secondary N) is 1. The van der Waals surface area contributed by atoms with Gasteiger partial charge in [0.25, 0.3) is 0 Å². The maximum absolute atomic E-state index is 13.2. The average Bonchev–Trinajstić information content (AvgIpc) is 2.22. The van der Waals surface area contributed by atoms with E-state index in [-0.39, 0.29) is 12.4 Å². The van der Waals surface area contributed by atoms with E-state index in [9.17, 15) is 9.18 Å². The fourth-order valence-corrected chi connectivity index (χ4v) is 1.62. The highest BCUT2D eigenvalue weighted by atomic mass is 32.2. The number of nitrogen functional groups attached to an aromatic ring is 1. The van der Waals surface area contributed by atoms with Crippen LogP contribution < -0.4 is 16.2 Å². The number of carbonyl (C=O) groups excluding carboxylic acids is 1. The Balaban J connectivity index is 2.31. The van der Waals surface area contributed by atoms with Gasteiger partial charge in [-0.3, -0.25) is 4.72 Å². The van der Waals surface area contributed by atoms with E-state index in [0.29, 0.717) is 17.1 Å². The summed E-state index contributed by atoms with van der Waals surface area (Å²) in [5.74, 6) is -0.359. The molecule has 0 aliphatic carbocycles. The second-order valence-electron chi connectivity index (χ2n) is 2.85. The monoisotopic (exact) mass is 245 g/mol. The zero-order valence-corrected chi connectivity index (χ0v) is 9.22. The fraction of sp³-hybridized carbons (Fsp3) is 0.222. The van der Waals surface area contributed by atoms with E-state index in [4.69, 9.17) is 11.5 Å². The Bertz CT molecular complexity index is 376. The van der Waals surface area contributed by atoms with Crippen LogP contribution in [0.3, 0.4) is 0 Å². The van der Waals surface area contributed by atoms with Gasteiger partial charge in [-0.15, -0.1) is 0 Å². The molecule has 1 aromatic carbocycles. The molecule has 0 atom stereocenters. The van der Waals surface area contributed by atoms with Crippen LogP contribution in [0.25, 0.3) is 0 Å². The van der Waals surface area contributed by atoms with E-state index in [0.717, 1.165) is 11.9 Å². The number of nitrogens with two attached hydrogens (primary N) is 2. The number of hydrogen-bond donors (Lipinski definition) is 3. The summed E-state index contributed by atoms with van der Waals surface area (Å²) in [6.45, 7) is 0.494. The molecule has 0 radical (unpaired) electrons. The number of primary amides is 1. The first-order valence-electron chi connectivity index (χ1n) is 4.46. The number of carbonyl (C=O) groups is 1. The summed E-state index contributed by atoms with van der Waals surface area (Å²) < 4.78 is 20.5. The molecule has 0 heterocycles. The molecule has 5 N–H and O–H groups in total. The molecule has 0 saturated heterocycles. The van der Waals surface area contributed by atoms with Crippen molar-refractivity contribution in [2.75, 3.05) is 18.9 Å². The van der Waals surface area contributed by atoms with E-state index in [1.807, 2.05) is 0 Å². The number of halogens is 1. The molecule has 1 aromatic rings. The van der Waals surface area contributed by atoms with Crippen molar-refractivity contribution in [2.24, 2.45) is 5.73 Å². The minimum atomic E-state index is -0.832. The van der Waals surface area contributed by atoms with Gasteiger partial charge in [-0.1, -0.05) is 0 Å². The van der Waals surface area contributed by atoms with Gasteiger partial charge in [0.15, 0.2) is 0 Å². The highest BCUT2D eigenvalue weighted by Crippen LogP contribution is 2.21. The van der Waals surface area contributed by atoms with Crippen LogP contribution >= 0.6 is 11.9 Å². The van der Waals surface area contributed by atoms with Crippen LogP contribution in [-0.2, 0) is 4.74 Å². The molecule has 0 aliphatic rings. The lowest BCUT2D eigenvalue weighted by atomic mass is 10.3. The lowest BCUT2D eigenvalue weighted by Crippen LogP contribution is -2.19. The third-order valence-corrected chi connectivity index (χ3v) is 2.47. The number of anilines is 1. The van der Waals surface area contributed by atoms with Crippen molar-refractivity contribution in [3.05, 3.63) is 24.0 Å². The SMILES string of the molecule is NC(=O)OCCNSc1cc(N)ccc1F. The standard InChI is InChI=1S/C9H12FN3O2S/c10-7-2-1-6(11)5-8(7)16-13-3-4-15-9(12)14/h1-2,5,13H,3-4,11H2,(H2,12,14). The number of hydrogen-bond acceptors (Lipinski definition) is 5. The molecule has 1 rings (SSSR count). The van der Waals surface area contributed by atoms with Gasteiger partial charge in [0, 0.05) is 12.2 Å². The van der Waals surface area contributed by atoms with Gasteiger partial charge >= 0.3 is 6.09 Å². The topological polar surface area (TPSA) is 90.4 Å². The summed E-state index contributed by atoms with van der Waals surface area (Å²) >= 11 is 1.08. The second-order valence-corrected chi connectivity index (χ2v) is 3.79. The maximum Gasteiger partial charge on any atom is 0.404 e. The molecule has 0 unspecified atom stereocenters. The van der Waals surface area contributed by atoms with Crippen molar-refractivity contribution in [3.8, 4) is 0 Å². The van der Waals surface area contributed by atoms with Crippen LogP contribution in [0.5, 0.6) is 0 Å². The normalized spacial score (nSPS) is 10.1. The first-order chi connectivity index (χ1) is 7.59. The first kappa shape index (κ1) is 12.6. The van der Waals surface area contributed by atoms with Crippen molar-refractivity contribution < 1.29 is 13.9 Å². The predicted octanol–water partition coefficient (Wildman–Crippen LogP) is 1.10. The third kappa shape index (κ3) is 4.37. The lowest BCUT2D eigenvalue weighted by Gasteiger charge is -2.05. The van der Waals surface area contributed by atoms with Crippen molar-refractivity contribution in [3.63, 3.8) is 0 Å². The zero-order valence-electron chi connectivity index (χ0n) is 8.40. The third-order valence-electron chi connectivity index (χ3n) is 1.59. The van der Waals surface area contributed by atoms with E-state index < -0.39 is 6.09 Å². The highest BCUT2D eigenvalue weighted by Gasteiger charge is 2.03. The smallest absolute Gasteiger partial charge is 0.404 e. The first-order valence-corrected chi connectivity index (χ1v) is 5.28. The van der Waals surface area contributed by atoms with Crippen LogP contribution in [-0.4, -0.2) is 19.2 Å². The Morgan fingerprint density at radius 1 is 1.56 bits per heavy atom. The Hall–Kier alpha value is -1.47. The maximum atomic E-state index is 13.2. The summed E-state index contributed by atoms with van der Waals surface area (Å²) in [5, 5.41) is 0. The summed E-state index contributed by atoms with van der Waals surface area (Å²) in [6.07, 6.45) is -0.832. The highest BCUT2D eigenvalue weighted by molar-refractivity contribution is 7.97. The average molecular weight is 245 g/mol. The molecule has 88 valence electrons. The summed E-state index contributed by atoms with van der Waals surface area (Å²) in [6, 6.07) is 4.29. The van der Waals surface area contributed by atoms with Gasteiger partial charge in [0.1, 0.15) is 12.4 Å². The van der Waals surface area contributed by atoms with E-state index in [1.54, 1.807) is 0 Å². The van der Waals surface area contributed by atoms with Gasteiger partial charge in [0.05, 0.1) is 4.90 Å². The van der Waals surface area contributed by atoms with Gasteiger partial charge in [-0.2, -0.15) is 0 Å². The Kier molecular flexibility index (Phi) is 4.87. The van der Waals surface area contributed by atoms with Crippen LogP contribution in [0.4, 0.5) is 14.9 Å². The molecule has 16 heavy (non-hydrogen) atoms. The van der Waals surface area contributed by atoms with Crippen LogP contribution in [0.2, 0.25) is 0 Å². The fourth-order valence-electron chi connectivity index (χ4n) is 0.920. The second kappa shape index (κ2) is 6.19. The van der Waals surface area contributed by atoms with Gasteiger partial charge in [-0.25, -0.2) is 9.18 Å². The molecular weight excluding hydrogens is 233 g/mol. The van der Waals surface area contributed by atoms with E-state index in [2.05, 4.69) is 9.46 Å². The molecule has 0 aromatic heterocycles. The number of rotatable bonds is 5. The van der Waals surface area contributed by atoms with Crippen molar-refractivity contribution in [2.45, 2.75) is 4.90 Å². The van der Waals surface area contributed by atoms with Crippen LogP contribution in [0.15, 0.2) is 23.1 Å². The van der Waals surface area contributed by atoms with Gasteiger partial charge < -0.3 is 16.2 Å². The van der Waals surface area contributed by atoms with Gasteiger partial charge in [-0.05, 0) is 30.1 Å². The number of amides is 1. The molecule has 0 saturated carbocycles. The summed E-state index contributed by atoms with van der Waals surface area (Å²) in [7, 11) is 0. The predicted molar refractivity (Wildman–Crippen MR) is 60.2 cm³/mol. The van der Waals surface area contributed by atoms with E-state index in [1.165, 1.54) is 18.2 Å². The van der Waals surface area contributed by atoms with Gasteiger partial charge in [0.2, 0.25) is 0 Å². The molecule has 0 aliphatic heterocycles. The van der Waals surface area contributed by atoms with Crippen LogP contribution in [0.1, 0.15) is 0 Å². The summed E-state index contributed by atoms with van der Waals surface area (Å²) in [4.78, 5) is 10.6. The van der Waals surface area contributed by atoms with Crippen molar-refractivity contribution in [1.29, 1.82) is 0 Å². The van der Waals surface area contributed by atoms with Crippen molar-refractivity contribution in [1.82, 2.24) is 4.72 Å². The Labute approximate surface area is 96.5 Å². The Morgan fingerprint density at radius 2 is 2.31 bits per heavy atom. The molecule has 0 bridgehead atoms. The molecule has 5 nitrogen and oxygen atoms in total. The van der Waals surface area contributed by atoms with Crippen LogP contribution in [0, 0.1) is 5.82 Å². The summed E-state index contributed by atoms with van der Waals surface area (Å²) in [5.41, 5.74) is 10.7. The molecule has 7 heteroatoms. The lowest BCUT2D eigenvalue weighted by molar-refractivity contribution is 0.159. The minimum Gasteiger partial charge on any atom is -0.448 e. The van der Waals surface area contributed by atoms with E-state index >= 15 is 0 Å². The zero-order chi connectivity index (χ0) is 12.0. The Morgan fingerprint density at radius 3 is 3.00 bits per heavy atom. The largest absolute Gasteiger partial charge is 0.448 e. The number of ether oxygens (including phenoxy) is 1. The number of benzene rings is 1. The molecule has 1 amide bonds. The molecular formula is C9H12FN3O2S. The quantitative estimate of drug-likeness (QED) is 0.410. The minimum absolute atomic E-state index is 0.131.